The summed E-state index contributed by atoms with van der Waals surface area (Å²) in [5.41, 5.74) is 0.530. The second kappa shape index (κ2) is 9.01. The predicted octanol–water partition coefficient (Wildman–Crippen LogP) is 3.71. The SMILES string of the molecule is O=C(c1ccc(F)cc1)N1CCCN(CCOc2ccccc2Cl)CC1. The lowest BCUT2D eigenvalue weighted by atomic mass is 10.2. The van der Waals surface area contributed by atoms with E-state index in [1.165, 1.54) is 24.3 Å². The minimum atomic E-state index is -0.331. The Morgan fingerprint density at radius 1 is 1.04 bits per heavy atom. The summed E-state index contributed by atoms with van der Waals surface area (Å²) in [6, 6.07) is 13.2. The molecule has 0 saturated carbocycles. The molecule has 0 unspecified atom stereocenters. The highest BCUT2D eigenvalue weighted by Gasteiger charge is 2.20. The molecule has 0 bridgehead atoms. The number of para-hydroxylation sites is 1. The molecule has 4 nitrogen and oxygen atoms in total. The molecule has 1 fully saturated rings. The molecular weight excluding hydrogens is 355 g/mol. The second-order valence-corrected chi connectivity index (χ2v) is 6.68. The van der Waals surface area contributed by atoms with E-state index in [4.69, 9.17) is 16.3 Å². The number of nitrogens with zero attached hydrogens (tertiary/aromatic N) is 2. The maximum atomic E-state index is 13.0. The van der Waals surface area contributed by atoms with Crippen LogP contribution in [0.2, 0.25) is 5.02 Å². The van der Waals surface area contributed by atoms with Gasteiger partial charge in [-0.05, 0) is 42.8 Å². The van der Waals surface area contributed by atoms with Gasteiger partial charge in [-0.1, -0.05) is 23.7 Å². The number of benzene rings is 2. The van der Waals surface area contributed by atoms with Gasteiger partial charge in [0.1, 0.15) is 18.2 Å². The standard InChI is InChI=1S/C20H22ClFN2O2/c21-18-4-1-2-5-19(18)26-15-14-23-10-3-11-24(13-12-23)20(25)16-6-8-17(22)9-7-16/h1-2,4-9H,3,10-15H2. The third kappa shape index (κ3) is 4.96. The van der Waals surface area contributed by atoms with Crippen LogP contribution in [-0.2, 0) is 0 Å². The van der Waals surface area contributed by atoms with Gasteiger partial charge in [0.2, 0.25) is 0 Å². The van der Waals surface area contributed by atoms with Crippen LogP contribution in [0, 0.1) is 5.82 Å². The lowest BCUT2D eigenvalue weighted by Gasteiger charge is -2.22. The third-order valence-electron chi connectivity index (χ3n) is 4.47. The molecule has 1 amide bonds. The molecule has 0 aliphatic carbocycles. The highest BCUT2D eigenvalue weighted by atomic mass is 35.5. The molecule has 26 heavy (non-hydrogen) atoms. The Hall–Kier alpha value is -2.11. The largest absolute Gasteiger partial charge is 0.491 e. The van der Waals surface area contributed by atoms with Crippen LogP contribution < -0.4 is 4.74 Å². The van der Waals surface area contributed by atoms with Crippen LogP contribution in [0.4, 0.5) is 4.39 Å². The molecule has 6 heteroatoms. The highest BCUT2D eigenvalue weighted by molar-refractivity contribution is 6.32. The van der Waals surface area contributed by atoms with Crippen LogP contribution in [0.25, 0.3) is 0 Å². The minimum Gasteiger partial charge on any atom is -0.491 e. The molecule has 1 saturated heterocycles. The molecule has 1 aliphatic rings. The summed E-state index contributed by atoms with van der Waals surface area (Å²) in [5.74, 6) is 0.318. The molecule has 0 spiro atoms. The number of amides is 1. The Bertz CT molecular complexity index is 739. The van der Waals surface area contributed by atoms with Gasteiger partial charge in [0.05, 0.1) is 5.02 Å². The van der Waals surface area contributed by atoms with E-state index in [2.05, 4.69) is 4.90 Å². The average molecular weight is 377 g/mol. The van der Waals surface area contributed by atoms with Gasteiger partial charge in [0, 0.05) is 38.3 Å². The van der Waals surface area contributed by atoms with Gasteiger partial charge in [-0.15, -0.1) is 0 Å². The Morgan fingerprint density at radius 3 is 2.58 bits per heavy atom. The third-order valence-corrected chi connectivity index (χ3v) is 4.78. The van der Waals surface area contributed by atoms with E-state index in [0.717, 1.165) is 26.1 Å². The zero-order valence-corrected chi connectivity index (χ0v) is 15.3. The van der Waals surface area contributed by atoms with Gasteiger partial charge >= 0.3 is 0 Å². The zero-order chi connectivity index (χ0) is 18.4. The van der Waals surface area contributed by atoms with E-state index >= 15 is 0 Å². The molecule has 2 aromatic carbocycles. The van der Waals surface area contributed by atoms with Crippen molar-refractivity contribution in [1.29, 1.82) is 0 Å². The predicted molar refractivity (Wildman–Crippen MR) is 100 cm³/mol. The normalized spacial score (nSPS) is 15.5. The average Bonchev–Trinajstić information content (AvgIpc) is 2.89. The van der Waals surface area contributed by atoms with Crippen LogP contribution in [0.3, 0.4) is 0 Å². The van der Waals surface area contributed by atoms with Crippen molar-refractivity contribution in [2.45, 2.75) is 6.42 Å². The monoisotopic (exact) mass is 376 g/mol. The Labute approximate surface area is 158 Å². The van der Waals surface area contributed by atoms with Crippen LogP contribution in [0.1, 0.15) is 16.8 Å². The van der Waals surface area contributed by atoms with Crippen LogP contribution in [-0.4, -0.2) is 55.0 Å². The van der Waals surface area contributed by atoms with E-state index < -0.39 is 0 Å². The van der Waals surface area contributed by atoms with Crippen molar-refractivity contribution in [1.82, 2.24) is 9.80 Å². The molecule has 1 aliphatic heterocycles. The Kier molecular flexibility index (Phi) is 6.47. The fourth-order valence-electron chi connectivity index (χ4n) is 3.02. The molecule has 0 radical (unpaired) electrons. The van der Waals surface area contributed by atoms with Gasteiger partial charge in [0.15, 0.2) is 0 Å². The molecule has 0 N–H and O–H groups in total. The van der Waals surface area contributed by atoms with Crippen molar-refractivity contribution in [3.63, 3.8) is 0 Å². The van der Waals surface area contributed by atoms with Gasteiger partial charge in [-0.25, -0.2) is 4.39 Å². The smallest absolute Gasteiger partial charge is 0.253 e. The first kappa shape index (κ1) is 18.7. The maximum Gasteiger partial charge on any atom is 0.253 e. The van der Waals surface area contributed by atoms with Crippen molar-refractivity contribution in [3.8, 4) is 5.75 Å². The summed E-state index contributed by atoms with van der Waals surface area (Å²) < 4.78 is 18.8. The van der Waals surface area contributed by atoms with E-state index in [0.29, 0.717) is 36.0 Å². The van der Waals surface area contributed by atoms with Gasteiger partial charge in [-0.3, -0.25) is 9.69 Å². The highest BCUT2D eigenvalue weighted by Crippen LogP contribution is 2.23. The molecule has 2 aromatic rings. The van der Waals surface area contributed by atoms with Crippen molar-refractivity contribution in [2.24, 2.45) is 0 Å². The first-order valence-corrected chi connectivity index (χ1v) is 9.16. The van der Waals surface area contributed by atoms with Crippen LogP contribution >= 0.6 is 11.6 Å². The lowest BCUT2D eigenvalue weighted by molar-refractivity contribution is 0.0760. The summed E-state index contributed by atoms with van der Waals surface area (Å²) in [5, 5.41) is 0.611. The topological polar surface area (TPSA) is 32.8 Å². The first-order valence-electron chi connectivity index (χ1n) is 8.78. The Morgan fingerprint density at radius 2 is 1.81 bits per heavy atom. The van der Waals surface area contributed by atoms with Crippen LogP contribution in [0.5, 0.6) is 5.75 Å². The number of rotatable bonds is 5. The van der Waals surface area contributed by atoms with Crippen molar-refractivity contribution < 1.29 is 13.9 Å². The number of hydrogen-bond donors (Lipinski definition) is 0. The number of halogens is 2. The van der Waals surface area contributed by atoms with Gasteiger partial charge < -0.3 is 9.64 Å². The quantitative estimate of drug-likeness (QED) is 0.797. The van der Waals surface area contributed by atoms with Gasteiger partial charge in [-0.2, -0.15) is 0 Å². The molecule has 3 rings (SSSR count). The van der Waals surface area contributed by atoms with E-state index in [1.807, 2.05) is 29.2 Å². The van der Waals surface area contributed by atoms with Crippen molar-refractivity contribution >= 4 is 17.5 Å². The zero-order valence-electron chi connectivity index (χ0n) is 14.5. The second-order valence-electron chi connectivity index (χ2n) is 6.27. The summed E-state index contributed by atoms with van der Waals surface area (Å²) >= 11 is 6.09. The summed E-state index contributed by atoms with van der Waals surface area (Å²) in [7, 11) is 0. The number of ether oxygens (including phenoxy) is 1. The van der Waals surface area contributed by atoms with Crippen LogP contribution in [0.15, 0.2) is 48.5 Å². The number of hydrogen-bond acceptors (Lipinski definition) is 3. The summed E-state index contributed by atoms with van der Waals surface area (Å²) in [6.45, 7) is 4.40. The van der Waals surface area contributed by atoms with E-state index in [-0.39, 0.29) is 11.7 Å². The fraction of sp³-hybridized carbons (Fsp3) is 0.350. The summed E-state index contributed by atoms with van der Waals surface area (Å²) in [6.07, 6.45) is 0.902. The minimum absolute atomic E-state index is 0.0424. The van der Waals surface area contributed by atoms with E-state index in [1.54, 1.807) is 0 Å². The molecular formula is C20H22ClFN2O2. The van der Waals surface area contributed by atoms with E-state index in [9.17, 15) is 9.18 Å². The summed E-state index contributed by atoms with van der Waals surface area (Å²) in [4.78, 5) is 16.7. The molecule has 0 atom stereocenters. The lowest BCUT2D eigenvalue weighted by Crippen LogP contribution is -2.36. The van der Waals surface area contributed by atoms with Gasteiger partial charge in [0.25, 0.3) is 5.91 Å². The number of carbonyl (C=O) groups excluding carboxylic acids is 1. The Balaban J connectivity index is 1.48. The number of carbonyl (C=O) groups is 1. The molecule has 0 aromatic heterocycles. The maximum absolute atomic E-state index is 13.0. The molecule has 138 valence electrons. The van der Waals surface area contributed by atoms with Crippen molar-refractivity contribution in [3.05, 3.63) is 64.9 Å². The first-order chi connectivity index (χ1) is 12.6. The molecule has 1 heterocycles. The fourth-order valence-corrected chi connectivity index (χ4v) is 3.21. The van der Waals surface area contributed by atoms with Crippen molar-refractivity contribution in [2.75, 3.05) is 39.3 Å².